The van der Waals surface area contributed by atoms with Crippen LogP contribution in [-0.2, 0) is 0 Å². The Morgan fingerprint density at radius 2 is 2.27 bits per heavy atom. The molecule has 0 heterocycles. The number of hydrogen-bond acceptors (Lipinski definition) is 2. The van der Waals surface area contributed by atoms with Crippen LogP contribution >= 0.6 is 0 Å². The first-order valence-corrected chi connectivity index (χ1v) is 4.42. The number of rotatable bonds is 4. The van der Waals surface area contributed by atoms with Gasteiger partial charge in [0.25, 0.3) is 0 Å². The van der Waals surface area contributed by atoms with Crippen LogP contribution in [0.25, 0.3) is 0 Å². The summed E-state index contributed by atoms with van der Waals surface area (Å²) >= 11 is 0. The highest BCUT2D eigenvalue weighted by Gasteiger charge is 2.09. The van der Waals surface area contributed by atoms with Gasteiger partial charge in [0.1, 0.15) is 5.82 Å². The standard InChI is InChI=1S/C11H12FNO2/c1-7(2)6-13-8-3-4-9(11(14)15)10(12)5-8/h3-5,13H,1,6H2,2H3,(H,14,15). The van der Waals surface area contributed by atoms with Crippen molar-refractivity contribution in [2.24, 2.45) is 0 Å². The minimum Gasteiger partial charge on any atom is -0.478 e. The van der Waals surface area contributed by atoms with Gasteiger partial charge in [0, 0.05) is 12.2 Å². The van der Waals surface area contributed by atoms with Gasteiger partial charge in [-0.05, 0) is 25.1 Å². The molecule has 0 spiro atoms. The molecule has 0 unspecified atom stereocenters. The average molecular weight is 209 g/mol. The van der Waals surface area contributed by atoms with Crippen molar-refractivity contribution in [1.29, 1.82) is 0 Å². The molecule has 3 nitrogen and oxygen atoms in total. The van der Waals surface area contributed by atoms with Crippen LogP contribution in [0.1, 0.15) is 17.3 Å². The summed E-state index contributed by atoms with van der Waals surface area (Å²) in [6.45, 7) is 6.06. The summed E-state index contributed by atoms with van der Waals surface area (Å²) < 4.78 is 13.2. The molecule has 4 heteroatoms. The van der Waals surface area contributed by atoms with E-state index in [4.69, 9.17) is 5.11 Å². The Labute approximate surface area is 87.2 Å². The molecule has 2 N–H and O–H groups in total. The zero-order valence-corrected chi connectivity index (χ0v) is 8.38. The van der Waals surface area contributed by atoms with Crippen molar-refractivity contribution in [3.05, 3.63) is 41.7 Å². The summed E-state index contributed by atoms with van der Waals surface area (Å²) in [4.78, 5) is 10.5. The second-order valence-corrected chi connectivity index (χ2v) is 3.31. The topological polar surface area (TPSA) is 49.3 Å². The van der Waals surface area contributed by atoms with Gasteiger partial charge < -0.3 is 10.4 Å². The maximum absolute atomic E-state index is 13.2. The van der Waals surface area contributed by atoms with Gasteiger partial charge in [-0.2, -0.15) is 0 Å². The number of carboxylic acids is 1. The Morgan fingerprint density at radius 1 is 1.60 bits per heavy atom. The molecule has 0 saturated carbocycles. The molecule has 1 aromatic rings. The van der Waals surface area contributed by atoms with Crippen LogP contribution in [0.15, 0.2) is 30.4 Å². The summed E-state index contributed by atoms with van der Waals surface area (Å²) in [6.07, 6.45) is 0. The molecule has 80 valence electrons. The van der Waals surface area contributed by atoms with Crippen LogP contribution in [-0.4, -0.2) is 17.6 Å². The first kappa shape index (κ1) is 11.2. The minimum atomic E-state index is -1.26. The van der Waals surface area contributed by atoms with Crippen LogP contribution in [0, 0.1) is 5.82 Å². The third-order valence-corrected chi connectivity index (χ3v) is 1.79. The molecular weight excluding hydrogens is 197 g/mol. The van der Waals surface area contributed by atoms with E-state index in [0.29, 0.717) is 12.2 Å². The van der Waals surface area contributed by atoms with E-state index in [1.807, 2.05) is 6.92 Å². The highest BCUT2D eigenvalue weighted by atomic mass is 19.1. The second-order valence-electron chi connectivity index (χ2n) is 3.31. The Morgan fingerprint density at radius 3 is 2.73 bits per heavy atom. The molecular formula is C11H12FNO2. The van der Waals surface area contributed by atoms with E-state index in [9.17, 15) is 9.18 Å². The van der Waals surface area contributed by atoms with E-state index in [1.54, 1.807) is 0 Å². The Bertz CT molecular complexity index is 402. The number of hydrogen-bond donors (Lipinski definition) is 2. The first-order valence-electron chi connectivity index (χ1n) is 4.42. The Balaban J connectivity index is 2.82. The molecule has 0 saturated heterocycles. The van der Waals surface area contributed by atoms with Crippen molar-refractivity contribution < 1.29 is 14.3 Å². The number of anilines is 1. The van der Waals surface area contributed by atoms with E-state index < -0.39 is 11.8 Å². The second kappa shape index (κ2) is 4.59. The number of halogens is 1. The van der Waals surface area contributed by atoms with Crippen molar-refractivity contribution in [2.75, 3.05) is 11.9 Å². The number of benzene rings is 1. The van der Waals surface area contributed by atoms with Gasteiger partial charge in [0.05, 0.1) is 5.56 Å². The van der Waals surface area contributed by atoms with Gasteiger partial charge in [-0.25, -0.2) is 9.18 Å². The van der Waals surface area contributed by atoms with E-state index in [2.05, 4.69) is 11.9 Å². The lowest BCUT2D eigenvalue weighted by atomic mass is 10.2. The summed E-state index contributed by atoms with van der Waals surface area (Å²) in [7, 11) is 0. The zero-order valence-electron chi connectivity index (χ0n) is 8.38. The van der Waals surface area contributed by atoms with Crippen LogP contribution in [0.3, 0.4) is 0 Å². The lowest BCUT2D eigenvalue weighted by Crippen LogP contribution is -2.05. The summed E-state index contributed by atoms with van der Waals surface area (Å²) in [5.74, 6) is -2.01. The molecule has 0 atom stereocenters. The maximum atomic E-state index is 13.2. The predicted molar refractivity (Wildman–Crippen MR) is 56.7 cm³/mol. The van der Waals surface area contributed by atoms with Crippen LogP contribution in [0.5, 0.6) is 0 Å². The molecule has 0 radical (unpaired) electrons. The van der Waals surface area contributed by atoms with Crippen molar-refractivity contribution in [3.63, 3.8) is 0 Å². The van der Waals surface area contributed by atoms with E-state index in [-0.39, 0.29) is 5.56 Å². The van der Waals surface area contributed by atoms with E-state index >= 15 is 0 Å². The van der Waals surface area contributed by atoms with Crippen LogP contribution in [0.2, 0.25) is 0 Å². The molecule has 15 heavy (non-hydrogen) atoms. The number of nitrogens with one attached hydrogen (secondary N) is 1. The van der Waals surface area contributed by atoms with E-state index in [0.717, 1.165) is 11.6 Å². The van der Waals surface area contributed by atoms with Crippen molar-refractivity contribution in [1.82, 2.24) is 0 Å². The van der Waals surface area contributed by atoms with Gasteiger partial charge in [0.15, 0.2) is 0 Å². The zero-order chi connectivity index (χ0) is 11.4. The van der Waals surface area contributed by atoms with Gasteiger partial charge in [0.2, 0.25) is 0 Å². The fourth-order valence-corrected chi connectivity index (χ4v) is 1.05. The monoisotopic (exact) mass is 209 g/mol. The molecule has 0 aliphatic heterocycles. The lowest BCUT2D eigenvalue weighted by molar-refractivity contribution is 0.0692. The quantitative estimate of drug-likeness (QED) is 0.749. The van der Waals surface area contributed by atoms with Gasteiger partial charge in [-0.15, -0.1) is 0 Å². The SMILES string of the molecule is C=C(C)CNc1ccc(C(=O)O)c(F)c1. The lowest BCUT2D eigenvalue weighted by Gasteiger charge is -2.06. The minimum absolute atomic E-state index is 0.323. The smallest absolute Gasteiger partial charge is 0.338 e. The number of carboxylic acid groups (broad SMARTS) is 1. The molecule has 0 amide bonds. The number of carbonyl (C=O) groups is 1. The average Bonchev–Trinajstić information content (AvgIpc) is 2.14. The molecule has 1 aromatic carbocycles. The molecule has 0 bridgehead atoms. The molecule has 0 aromatic heterocycles. The van der Waals surface area contributed by atoms with Crippen LogP contribution < -0.4 is 5.32 Å². The molecule has 0 aliphatic rings. The summed E-state index contributed by atoms with van der Waals surface area (Å²) in [5.41, 5.74) is 1.13. The van der Waals surface area contributed by atoms with Crippen LogP contribution in [0.4, 0.5) is 10.1 Å². The van der Waals surface area contributed by atoms with Crippen molar-refractivity contribution in [3.8, 4) is 0 Å². The summed E-state index contributed by atoms with van der Waals surface area (Å²) in [6, 6.07) is 3.92. The third-order valence-electron chi connectivity index (χ3n) is 1.79. The maximum Gasteiger partial charge on any atom is 0.338 e. The molecule has 0 aliphatic carbocycles. The Hall–Kier alpha value is -1.84. The first-order chi connectivity index (χ1) is 7.00. The third kappa shape index (κ3) is 3.09. The Kier molecular flexibility index (Phi) is 3.44. The predicted octanol–water partition coefficient (Wildman–Crippen LogP) is 2.51. The fraction of sp³-hybridized carbons (Fsp3) is 0.182. The van der Waals surface area contributed by atoms with Crippen molar-refractivity contribution >= 4 is 11.7 Å². The summed E-state index contributed by atoms with van der Waals surface area (Å²) in [5, 5.41) is 11.5. The highest BCUT2D eigenvalue weighted by molar-refractivity contribution is 5.88. The normalized spacial score (nSPS) is 9.73. The van der Waals surface area contributed by atoms with Crippen molar-refractivity contribution in [2.45, 2.75) is 6.92 Å². The highest BCUT2D eigenvalue weighted by Crippen LogP contribution is 2.14. The molecule has 1 rings (SSSR count). The van der Waals surface area contributed by atoms with Gasteiger partial charge >= 0.3 is 5.97 Å². The molecule has 0 fully saturated rings. The van der Waals surface area contributed by atoms with Gasteiger partial charge in [-0.1, -0.05) is 12.2 Å². The van der Waals surface area contributed by atoms with E-state index in [1.165, 1.54) is 12.1 Å². The fourth-order valence-electron chi connectivity index (χ4n) is 1.05. The van der Waals surface area contributed by atoms with Gasteiger partial charge in [-0.3, -0.25) is 0 Å². The number of aromatic carboxylic acids is 1. The largest absolute Gasteiger partial charge is 0.478 e.